The molecule has 0 radical (unpaired) electrons. The summed E-state index contributed by atoms with van der Waals surface area (Å²) in [5, 5.41) is 0.127. The molecule has 1 aliphatic heterocycles. The maximum Gasteiger partial charge on any atom is 0.194 e. The van der Waals surface area contributed by atoms with Crippen molar-refractivity contribution in [2.75, 3.05) is 6.61 Å². The lowest BCUT2D eigenvalue weighted by atomic mass is 10.0. The van der Waals surface area contributed by atoms with E-state index in [1.165, 1.54) is 12.1 Å². The molecule has 0 fully saturated rings. The van der Waals surface area contributed by atoms with Crippen molar-refractivity contribution < 1.29 is 13.9 Å². The van der Waals surface area contributed by atoms with Crippen molar-refractivity contribution in [1.29, 1.82) is 0 Å². The number of ketones is 1. The van der Waals surface area contributed by atoms with Crippen molar-refractivity contribution in [3.63, 3.8) is 0 Å². The Morgan fingerprint density at radius 3 is 2.84 bits per heavy atom. The van der Waals surface area contributed by atoms with Gasteiger partial charge in [-0.05, 0) is 42.0 Å². The minimum absolute atomic E-state index is 0.127. The molecule has 0 N–H and O–H groups in total. The molecule has 0 unspecified atom stereocenters. The summed E-state index contributed by atoms with van der Waals surface area (Å²) in [5.74, 6) is 0.158. The van der Waals surface area contributed by atoms with Crippen LogP contribution in [0.2, 0.25) is 5.02 Å². The van der Waals surface area contributed by atoms with Crippen molar-refractivity contribution in [3.05, 3.63) is 63.9 Å². The zero-order chi connectivity index (χ0) is 13.4. The zero-order valence-corrected chi connectivity index (χ0v) is 10.7. The molecule has 0 bridgehead atoms. The van der Waals surface area contributed by atoms with Crippen LogP contribution < -0.4 is 4.74 Å². The van der Waals surface area contributed by atoms with Gasteiger partial charge in [0.25, 0.3) is 0 Å². The number of carbonyl (C=O) groups excluding carboxylic acids is 1. The SMILES string of the molecule is O=C(c1ccc2c(c1)CCO2)c1ccc(F)cc1Cl. The fourth-order valence-corrected chi connectivity index (χ4v) is 2.41. The molecule has 0 saturated heterocycles. The van der Waals surface area contributed by atoms with Crippen LogP contribution in [0.5, 0.6) is 5.75 Å². The number of fused-ring (bicyclic) bond motifs is 1. The minimum atomic E-state index is -0.455. The highest BCUT2D eigenvalue weighted by atomic mass is 35.5. The molecule has 1 heterocycles. The van der Waals surface area contributed by atoms with Crippen LogP contribution in [0.1, 0.15) is 21.5 Å². The maximum absolute atomic E-state index is 13.0. The fourth-order valence-electron chi connectivity index (χ4n) is 2.16. The molecule has 2 aromatic carbocycles. The molecular formula is C15H10ClFO2. The molecule has 0 spiro atoms. The second kappa shape index (κ2) is 4.67. The van der Waals surface area contributed by atoms with Crippen LogP contribution in [-0.4, -0.2) is 12.4 Å². The number of hydrogen-bond donors (Lipinski definition) is 0. The Balaban J connectivity index is 2.00. The van der Waals surface area contributed by atoms with Gasteiger partial charge in [-0.3, -0.25) is 4.79 Å². The molecule has 3 rings (SSSR count). The standard InChI is InChI=1S/C15H10ClFO2/c16-13-8-11(17)2-3-12(13)15(18)10-1-4-14-9(7-10)5-6-19-14/h1-4,7-8H,5-6H2. The third kappa shape index (κ3) is 2.22. The van der Waals surface area contributed by atoms with Gasteiger partial charge in [-0.2, -0.15) is 0 Å². The maximum atomic E-state index is 13.0. The second-order valence-electron chi connectivity index (χ2n) is 4.37. The first-order chi connectivity index (χ1) is 9.15. The van der Waals surface area contributed by atoms with Gasteiger partial charge >= 0.3 is 0 Å². The molecule has 96 valence electrons. The normalized spacial score (nSPS) is 12.9. The first-order valence-corrected chi connectivity index (χ1v) is 6.28. The summed E-state index contributed by atoms with van der Waals surface area (Å²) in [5.41, 5.74) is 1.86. The number of hydrogen-bond acceptors (Lipinski definition) is 2. The van der Waals surface area contributed by atoms with E-state index in [0.717, 1.165) is 23.8 Å². The van der Waals surface area contributed by atoms with Crippen LogP contribution >= 0.6 is 11.6 Å². The minimum Gasteiger partial charge on any atom is -0.493 e. The smallest absolute Gasteiger partial charge is 0.194 e. The van der Waals surface area contributed by atoms with E-state index >= 15 is 0 Å². The molecule has 19 heavy (non-hydrogen) atoms. The van der Waals surface area contributed by atoms with Crippen molar-refractivity contribution in [2.45, 2.75) is 6.42 Å². The Bertz CT molecular complexity index is 667. The van der Waals surface area contributed by atoms with E-state index in [9.17, 15) is 9.18 Å². The van der Waals surface area contributed by atoms with E-state index in [0.29, 0.717) is 17.7 Å². The van der Waals surface area contributed by atoms with E-state index in [-0.39, 0.29) is 10.8 Å². The third-order valence-corrected chi connectivity index (χ3v) is 3.44. The molecule has 0 atom stereocenters. The van der Waals surface area contributed by atoms with Gasteiger partial charge in [-0.25, -0.2) is 4.39 Å². The first kappa shape index (κ1) is 12.2. The van der Waals surface area contributed by atoms with Gasteiger partial charge < -0.3 is 4.74 Å². The summed E-state index contributed by atoms with van der Waals surface area (Å²) in [6.45, 7) is 0.643. The van der Waals surface area contributed by atoms with Crippen molar-refractivity contribution in [3.8, 4) is 5.75 Å². The Hall–Kier alpha value is -1.87. The molecule has 0 amide bonds. The van der Waals surface area contributed by atoms with Gasteiger partial charge in [0.05, 0.1) is 11.6 Å². The summed E-state index contributed by atoms with van der Waals surface area (Å²) >= 11 is 5.91. The number of halogens is 2. The van der Waals surface area contributed by atoms with E-state index in [2.05, 4.69) is 0 Å². The molecule has 0 saturated carbocycles. The highest BCUT2D eigenvalue weighted by Gasteiger charge is 2.17. The monoisotopic (exact) mass is 276 g/mol. The van der Waals surface area contributed by atoms with Crippen molar-refractivity contribution >= 4 is 17.4 Å². The Morgan fingerprint density at radius 2 is 2.05 bits per heavy atom. The molecule has 2 aromatic rings. The van der Waals surface area contributed by atoms with Crippen LogP contribution in [0, 0.1) is 5.82 Å². The molecule has 1 aliphatic rings. The third-order valence-electron chi connectivity index (χ3n) is 3.13. The predicted octanol–water partition coefficient (Wildman–Crippen LogP) is 3.65. The highest BCUT2D eigenvalue weighted by Crippen LogP contribution is 2.28. The number of benzene rings is 2. The van der Waals surface area contributed by atoms with E-state index in [4.69, 9.17) is 16.3 Å². The van der Waals surface area contributed by atoms with E-state index < -0.39 is 5.82 Å². The highest BCUT2D eigenvalue weighted by molar-refractivity contribution is 6.35. The summed E-state index contributed by atoms with van der Waals surface area (Å²) in [7, 11) is 0. The van der Waals surface area contributed by atoms with Gasteiger partial charge in [0, 0.05) is 17.5 Å². The van der Waals surface area contributed by atoms with E-state index in [1.807, 2.05) is 6.07 Å². The topological polar surface area (TPSA) is 26.3 Å². The quantitative estimate of drug-likeness (QED) is 0.783. The van der Waals surface area contributed by atoms with Gasteiger partial charge in [0.15, 0.2) is 5.78 Å². The summed E-state index contributed by atoms with van der Waals surface area (Å²) in [6.07, 6.45) is 0.799. The average molecular weight is 277 g/mol. The molecule has 0 aliphatic carbocycles. The lowest BCUT2D eigenvalue weighted by Gasteiger charge is -2.05. The van der Waals surface area contributed by atoms with Crippen molar-refractivity contribution in [1.82, 2.24) is 0 Å². The summed E-state index contributed by atoms with van der Waals surface area (Å²) < 4.78 is 18.4. The molecule has 0 aromatic heterocycles. The molecule has 4 heteroatoms. The van der Waals surface area contributed by atoms with Gasteiger partial charge in [0.2, 0.25) is 0 Å². The lowest BCUT2D eigenvalue weighted by Crippen LogP contribution is -2.03. The average Bonchev–Trinajstić information content (AvgIpc) is 2.85. The summed E-state index contributed by atoms with van der Waals surface area (Å²) in [6, 6.07) is 9.08. The lowest BCUT2D eigenvalue weighted by molar-refractivity contribution is 0.103. The van der Waals surface area contributed by atoms with E-state index in [1.54, 1.807) is 12.1 Å². The van der Waals surface area contributed by atoms with Crippen LogP contribution in [0.3, 0.4) is 0 Å². The largest absolute Gasteiger partial charge is 0.493 e. The van der Waals surface area contributed by atoms with Crippen LogP contribution in [-0.2, 0) is 6.42 Å². The Labute approximate surface area is 114 Å². The predicted molar refractivity (Wildman–Crippen MR) is 70.5 cm³/mol. The Kier molecular flexibility index (Phi) is 2.99. The van der Waals surface area contributed by atoms with Crippen LogP contribution in [0.25, 0.3) is 0 Å². The van der Waals surface area contributed by atoms with Crippen molar-refractivity contribution in [2.24, 2.45) is 0 Å². The van der Waals surface area contributed by atoms with Gasteiger partial charge in [-0.15, -0.1) is 0 Å². The number of ether oxygens (including phenoxy) is 1. The van der Waals surface area contributed by atoms with Gasteiger partial charge in [0.1, 0.15) is 11.6 Å². The summed E-state index contributed by atoms with van der Waals surface area (Å²) in [4.78, 5) is 12.3. The number of carbonyl (C=O) groups is 1. The van der Waals surface area contributed by atoms with Crippen LogP contribution in [0.4, 0.5) is 4.39 Å². The first-order valence-electron chi connectivity index (χ1n) is 5.90. The second-order valence-corrected chi connectivity index (χ2v) is 4.78. The molecular weight excluding hydrogens is 267 g/mol. The Morgan fingerprint density at radius 1 is 1.21 bits per heavy atom. The van der Waals surface area contributed by atoms with Crippen LogP contribution in [0.15, 0.2) is 36.4 Å². The number of rotatable bonds is 2. The fraction of sp³-hybridized carbons (Fsp3) is 0.133. The van der Waals surface area contributed by atoms with Gasteiger partial charge in [-0.1, -0.05) is 11.6 Å². The molecule has 2 nitrogen and oxygen atoms in total. The zero-order valence-electron chi connectivity index (χ0n) is 9.95.